The van der Waals surface area contributed by atoms with Crippen LogP contribution in [0.4, 0.5) is 5.69 Å². The summed E-state index contributed by atoms with van der Waals surface area (Å²) in [5.74, 6) is 0.934. The Balaban J connectivity index is 1.19. The van der Waals surface area contributed by atoms with Gasteiger partial charge in [0.25, 0.3) is 0 Å². The number of carbonyl (C=O) groups is 1. The van der Waals surface area contributed by atoms with Gasteiger partial charge in [-0.1, -0.05) is 0 Å². The molecule has 2 saturated heterocycles. The predicted octanol–water partition coefficient (Wildman–Crippen LogP) is 2.32. The molecule has 0 N–H and O–H groups in total. The van der Waals surface area contributed by atoms with Gasteiger partial charge in [-0.3, -0.25) is 9.69 Å². The number of aromatic nitrogens is 2. The molecular formula is C24H33N5O3. The second kappa shape index (κ2) is 10.0. The van der Waals surface area contributed by atoms with Crippen molar-refractivity contribution in [3.63, 3.8) is 0 Å². The second-order valence-electron chi connectivity index (χ2n) is 8.98. The maximum absolute atomic E-state index is 12.2. The number of amides is 1. The first-order valence-electron chi connectivity index (χ1n) is 12.0. The lowest BCUT2D eigenvalue weighted by atomic mass is 10.2. The van der Waals surface area contributed by atoms with E-state index in [1.165, 1.54) is 18.5 Å². The molecule has 1 aromatic heterocycles. The van der Waals surface area contributed by atoms with Crippen molar-refractivity contribution in [3.8, 4) is 5.88 Å². The molecule has 32 heavy (non-hydrogen) atoms. The largest absolute Gasteiger partial charge is 0.474 e. The molecule has 0 bridgehead atoms. The SMILES string of the molecule is O=C1CCOCCN1CCN1CCN(c2ccc3ncnc(OC4CCCC4)c3c2)CC1. The summed E-state index contributed by atoms with van der Waals surface area (Å²) >= 11 is 0. The highest BCUT2D eigenvalue weighted by molar-refractivity contribution is 5.86. The topological polar surface area (TPSA) is 71.0 Å². The van der Waals surface area contributed by atoms with E-state index in [9.17, 15) is 4.79 Å². The van der Waals surface area contributed by atoms with E-state index in [4.69, 9.17) is 9.47 Å². The van der Waals surface area contributed by atoms with Crippen LogP contribution in [0.2, 0.25) is 0 Å². The summed E-state index contributed by atoms with van der Waals surface area (Å²) in [6.07, 6.45) is 7.10. The Kier molecular flexibility index (Phi) is 6.69. The minimum Gasteiger partial charge on any atom is -0.474 e. The third-order valence-corrected chi connectivity index (χ3v) is 6.90. The maximum Gasteiger partial charge on any atom is 0.225 e. The molecule has 1 saturated carbocycles. The third-order valence-electron chi connectivity index (χ3n) is 6.90. The molecule has 0 radical (unpaired) electrons. The van der Waals surface area contributed by atoms with E-state index in [1.807, 2.05) is 4.90 Å². The van der Waals surface area contributed by atoms with Crippen molar-refractivity contribution in [2.45, 2.75) is 38.2 Å². The van der Waals surface area contributed by atoms with Gasteiger partial charge in [0.15, 0.2) is 0 Å². The van der Waals surface area contributed by atoms with Gasteiger partial charge >= 0.3 is 0 Å². The summed E-state index contributed by atoms with van der Waals surface area (Å²) in [5.41, 5.74) is 2.13. The van der Waals surface area contributed by atoms with E-state index in [1.54, 1.807) is 6.33 Å². The Bertz CT molecular complexity index is 925. The fourth-order valence-electron chi connectivity index (χ4n) is 4.92. The number of rotatable bonds is 6. The Labute approximate surface area is 189 Å². The molecule has 0 unspecified atom stereocenters. The second-order valence-corrected chi connectivity index (χ2v) is 8.98. The molecular weight excluding hydrogens is 406 g/mol. The molecule has 2 aromatic rings. The van der Waals surface area contributed by atoms with Crippen LogP contribution in [-0.2, 0) is 9.53 Å². The van der Waals surface area contributed by atoms with Crippen LogP contribution >= 0.6 is 0 Å². The maximum atomic E-state index is 12.2. The van der Waals surface area contributed by atoms with E-state index in [-0.39, 0.29) is 12.0 Å². The quantitative estimate of drug-likeness (QED) is 0.684. The lowest BCUT2D eigenvalue weighted by Crippen LogP contribution is -2.49. The van der Waals surface area contributed by atoms with E-state index in [0.29, 0.717) is 32.1 Å². The molecule has 3 fully saturated rings. The van der Waals surface area contributed by atoms with Gasteiger partial charge in [-0.2, -0.15) is 0 Å². The zero-order valence-electron chi connectivity index (χ0n) is 18.7. The van der Waals surface area contributed by atoms with Crippen molar-refractivity contribution >= 4 is 22.5 Å². The number of carbonyl (C=O) groups excluding carboxylic acids is 1. The lowest BCUT2D eigenvalue weighted by Gasteiger charge is -2.37. The van der Waals surface area contributed by atoms with Crippen LogP contribution in [0.1, 0.15) is 32.1 Å². The van der Waals surface area contributed by atoms with Crippen molar-refractivity contribution in [3.05, 3.63) is 24.5 Å². The molecule has 0 spiro atoms. The first-order valence-corrected chi connectivity index (χ1v) is 12.0. The van der Waals surface area contributed by atoms with Crippen molar-refractivity contribution in [1.29, 1.82) is 0 Å². The number of piperazine rings is 1. The summed E-state index contributed by atoms with van der Waals surface area (Å²) in [5, 5.41) is 1.00. The van der Waals surface area contributed by atoms with Crippen LogP contribution in [0.3, 0.4) is 0 Å². The highest BCUT2D eigenvalue weighted by atomic mass is 16.5. The molecule has 3 aliphatic rings. The average molecular weight is 440 g/mol. The highest BCUT2D eigenvalue weighted by Crippen LogP contribution is 2.30. The minimum absolute atomic E-state index is 0.218. The molecule has 2 aliphatic heterocycles. The molecule has 1 aliphatic carbocycles. The first-order chi connectivity index (χ1) is 15.8. The molecule has 172 valence electrons. The van der Waals surface area contributed by atoms with E-state index >= 15 is 0 Å². The van der Waals surface area contributed by atoms with Crippen molar-refractivity contribution in [1.82, 2.24) is 19.8 Å². The standard InChI is InChI=1S/C24H33N5O3/c30-23-7-15-31-16-14-29(23)13-10-27-8-11-28(12-9-27)19-5-6-22-21(17-19)24(26-18-25-22)32-20-3-1-2-4-20/h5-6,17-18,20H,1-4,7-16H2. The summed E-state index contributed by atoms with van der Waals surface area (Å²) in [4.78, 5) is 27.9. The molecule has 1 aromatic carbocycles. The Morgan fingerprint density at radius 1 is 1.00 bits per heavy atom. The lowest BCUT2D eigenvalue weighted by molar-refractivity contribution is -0.130. The smallest absolute Gasteiger partial charge is 0.225 e. The van der Waals surface area contributed by atoms with Gasteiger partial charge in [0.1, 0.15) is 12.4 Å². The number of benzene rings is 1. The summed E-state index contributed by atoms with van der Waals surface area (Å²) in [7, 11) is 0. The third kappa shape index (κ3) is 4.96. The molecule has 8 heteroatoms. The van der Waals surface area contributed by atoms with Gasteiger partial charge in [-0.25, -0.2) is 9.97 Å². The number of hydrogen-bond donors (Lipinski definition) is 0. The number of nitrogens with zero attached hydrogens (tertiary/aromatic N) is 5. The zero-order valence-corrected chi connectivity index (χ0v) is 18.7. The number of hydrogen-bond acceptors (Lipinski definition) is 7. The van der Waals surface area contributed by atoms with Gasteiger partial charge in [0, 0.05) is 51.5 Å². The predicted molar refractivity (Wildman–Crippen MR) is 123 cm³/mol. The summed E-state index contributed by atoms with van der Waals surface area (Å²) in [6, 6.07) is 6.42. The first kappa shape index (κ1) is 21.4. The van der Waals surface area contributed by atoms with Crippen molar-refractivity contribution in [2.75, 3.05) is 63.9 Å². The van der Waals surface area contributed by atoms with Crippen LogP contribution in [0.5, 0.6) is 5.88 Å². The van der Waals surface area contributed by atoms with Crippen LogP contribution in [-0.4, -0.2) is 90.8 Å². The average Bonchev–Trinajstić information content (AvgIpc) is 3.25. The fraction of sp³-hybridized carbons (Fsp3) is 0.625. The number of ether oxygens (including phenoxy) is 2. The van der Waals surface area contributed by atoms with Crippen LogP contribution in [0, 0.1) is 0 Å². The number of anilines is 1. The molecule has 1 amide bonds. The van der Waals surface area contributed by atoms with Gasteiger partial charge in [0.2, 0.25) is 11.8 Å². The zero-order chi connectivity index (χ0) is 21.8. The van der Waals surface area contributed by atoms with E-state index < -0.39 is 0 Å². The van der Waals surface area contributed by atoms with Crippen molar-refractivity contribution in [2.24, 2.45) is 0 Å². The molecule has 0 atom stereocenters. The van der Waals surface area contributed by atoms with Crippen LogP contribution in [0.25, 0.3) is 10.9 Å². The van der Waals surface area contributed by atoms with Crippen LogP contribution < -0.4 is 9.64 Å². The van der Waals surface area contributed by atoms with Crippen molar-refractivity contribution < 1.29 is 14.3 Å². The molecule has 8 nitrogen and oxygen atoms in total. The van der Waals surface area contributed by atoms with Gasteiger partial charge in [-0.05, 0) is 43.9 Å². The van der Waals surface area contributed by atoms with E-state index in [0.717, 1.165) is 63.0 Å². The Morgan fingerprint density at radius 3 is 2.69 bits per heavy atom. The summed E-state index contributed by atoms with van der Waals surface area (Å²) < 4.78 is 11.7. The van der Waals surface area contributed by atoms with Crippen LogP contribution in [0.15, 0.2) is 24.5 Å². The van der Waals surface area contributed by atoms with E-state index in [2.05, 4.69) is 38.0 Å². The monoisotopic (exact) mass is 439 g/mol. The normalized spacial score (nSPS) is 21.3. The van der Waals surface area contributed by atoms with Gasteiger partial charge < -0.3 is 19.3 Å². The summed E-state index contributed by atoms with van der Waals surface area (Å²) in [6.45, 7) is 7.55. The minimum atomic E-state index is 0.218. The Morgan fingerprint density at radius 2 is 1.84 bits per heavy atom. The highest BCUT2D eigenvalue weighted by Gasteiger charge is 2.22. The fourth-order valence-corrected chi connectivity index (χ4v) is 4.92. The molecule has 3 heterocycles. The van der Waals surface area contributed by atoms with Gasteiger partial charge in [-0.15, -0.1) is 0 Å². The molecule has 5 rings (SSSR count). The van der Waals surface area contributed by atoms with Gasteiger partial charge in [0.05, 0.1) is 30.5 Å². The Hall–Kier alpha value is -2.45. The number of fused-ring (bicyclic) bond motifs is 1.